The largest absolute Gasteiger partial charge is 0.342 e. The van der Waals surface area contributed by atoms with Gasteiger partial charge in [0.05, 0.1) is 5.92 Å². The fraction of sp³-hybridized carbons (Fsp3) is 0.619. The van der Waals surface area contributed by atoms with Crippen LogP contribution in [0.5, 0.6) is 0 Å². The lowest BCUT2D eigenvalue weighted by molar-refractivity contribution is -0.143. The summed E-state index contributed by atoms with van der Waals surface area (Å²) in [6.45, 7) is 6.15. The van der Waals surface area contributed by atoms with Crippen molar-refractivity contribution < 1.29 is 9.59 Å². The summed E-state index contributed by atoms with van der Waals surface area (Å²) < 4.78 is 0. The fourth-order valence-corrected chi connectivity index (χ4v) is 3.90. The highest BCUT2D eigenvalue weighted by molar-refractivity contribution is 5.81. The first-order valence-corrected chi connectivity index (χ1v) is 9.72. The predicted octanol–water partition coefficient (Wildman–Crippen LogP) is 3.46. The molecule has 0 spiro atoms. The predicted molar refractivity (Wildman–Crippen MR) is 98.8 cm³/mol. The van der Waals surface area contributed by atoms with Crippen molar-refractivity contribution in [3.63, 3.8) is 0 Å². The first kappa shape index (κ1) is 18.0. The number of piperidine rings is 1. The van der Waals surface area contributed by atoms with Gasteiger partial charge in [-0.3, -0.25) is 9.59 Å². The number of nitrogens with zero attached hydrogens (tertiary/aromatic N) is 2. The molecule has 0 radical (unpaired) electrons. The molecule has 1 saturated carbocycles. The summed E-state index contributed by atoms with van der Waals surface area (Å²) in [5, 5.41) is 0. The first-order chi connectivity index (χ1) is 12.1. The second kappa shape index (κ2) is 8.03. The van der Waals surface area contributed by atoms with Crippen molar-refractivity contribution in [1.29, 1.82) is 0 Å². The molecule has 4 nitrogen and oxygen atoms in total. The molecule has 1 saturated heterocycles. The van der Waals surface area contributed by atoms with E-state index >= 15 is 0 Å². The van der Waals surface area contributed by atoms with Gasteiger partial charge in [0.1, 0.15) is 0 Å². The zero-order chi connectivity index (χ0) is 17.8. The van der Waals surface area contributed by atoms with E-state index in [0.717, 1.165) is 19.4 Å². The van der Waals surface area contributed by atoms with Crippen LogP contribution in [0.3, 0.4) is 0 Å². The van der Waals surface area contributed by atoms with Gasteiger partial charge in [-0.25, -0.2) is 0 Å². The maximum Gasteiger partial charge on any atom is 0.228 e. The van der Waals surface area contributed by atoms with Gasteiger partial charge in [-0.15, -0.1) is 0 Å². The molecule has 2 atom stereocenters. The molecule has 25 heavy (non-hydrogen) atoms. The maximum atomic E-state index is 13.3. The van der Waals surface area contributed by atoms with E-state index in [1.807, 2.05) is 30.0 Å². The number of benzene rings is 1. The first-order valence-electron chi connectivity index (χ1n) is 9.72. The van der Waals surface area contributed by atoms with Crippen LogP contribution in [0.4, 0.5) is 0 Å². The molecule has 0 bridgehead atoms. The molecule has 1 heterocycles. The van der Waals surface area contributed by atoms with Crippen LogP contribution in [0.25, 0.3) is 0 Å². The highest BCUT2D eigenvalue weighted by Crippen LogP contribution is 2.36. The molecule has 2 amide bonds. The number of rotatable bonds is 6. The lowest BCUT2D eigenvalue weighted by atomic mass is 9.95. The zero-order valence-electron chi connectivity index (χ0n) is 15.5. The van der Waals surface area contributed by atoms with Gasteiger partial charge in [-0.05, 0) is 44.1 Å². The second-order valence-corrected chi connectivity index (χ2v) is 7.56. The van der Waals surface area contributed by atoms with E-state index in [0.29, 0.717) is 25.4 Å². The Balaban J connectivity index is 1.72. The molecule has 0 aromatic heterocycles. The monoisotopic (exact) mass is 342 g/mol. The summed E-state index contributed by atoms with van der Waals surface area (Å²) in [4.78, 5) is 29.3. The van der Waals surface area contributed by atoms with Gasteiger partial charge in [0.2, 0.25) is 11.8 Å². The Morgan fingerprint density at radius 3 is 2.56 bits per heavy atom. The van der Waals surface area contributed by atoms with Crippen molar-refractivity contribution in [2.45, 2.75) is 58.5 Å². The van der Waals surface area contributed by atoms with E-state index in [9.17, 15) is 9.59 Å². The highest BCUT2D eigenvalue weighted by atomic mass is 16.2. The smallest absolute Gasteiger partial charge is 0.228 e. The molecule has 136 valence electrons. The van der Waals surface area contributed by atoms with Crippen molar-refractivity contribution in [3.8, 4) is 0 Å². The number of likely N-dealkylation sites (tertiary alicyclic amines) is 1. The van der Waals surface area contributed by atoms with E-state index in [1.54, 1.807) is 0 Å². The minimum Gasteiger partial charge on any atom is -0.342 e. The molecule has 0 unspecified atom stereocenters. The number of hydrogen-bond donors (Lipinski definition) is 0. The SMILES string of the molecule is CCC(=O)N1CCC[C@@H](C(=O)N(Cc2ccccc2)[C@H](C)C2CC2)C1. The molecule has 0 N–H and O–H groups in total. The van der Waals surface area contributed by atoms with Crippen molar-refractivity contribution >= 4 is 11.8 Å². The molecule has 1 aromatic carbocycles. The third kappa shape index (κ3) is 4.42. The Hall–Kier alpha value is -1.84. The van der Waals surface area contributed by atoms with Gasteiger partial charge in [-0.2, -0.15) is 0 Å². The molecular weight excluding hydrogens is 312 g/mol. The van der Waals surface area contributed by atoms with E-state index in [1.165, 1.54) is 18.4 Å². The summed E-state index contributed by atoms with van der Waals surface area (Å²) in [5.41, 5.74) is 1.18. The molecular formula is C21H30N2O2. The normalized spacial score (nSPS) is 21.7. The third-order valence-corrected chi connectivity index (χ3v) is 5.70. The van der Waals surface area contributed by atoms with Crippen molar-refractivity contribution in [3.05, 3.63) is 35.9 Å². The highest BCUT2D eigenvalue weighted by Gasteiger charge is 2.38. The van der Waals surface area contributed by atoms with Crippen LogP contribution in [-0.4, -0.2) is 40.7 Å². The lowest BCUT2D eigenvalue weighted by Crippen LogP contribution is -2.49. The van der Waals surface area contributed by atoms with E-state index < -0.39 is 0 Å². The molecule has 4 heteroatoms. The molecule has 1 aromatic rings. The maximum absolute atomic E-state index is 13.3. The van der Waals surface area contributed by atoms with Gasteiger partial charge in [0.15, 0.2) is 0 Å². The fourth-order valence-electron chi connectivity index (χ4n) is 3.90. The van der Waals surface area contributed by atoms with Crippen LogP contribution in [-0.2, 0) is 16.1 Å². The van der Waals surface area contributed by atoms with Crippen LogP contribution in [0, 0.1) is 11.8 Å². The number of amides is 2. The summed E-state index contributed by atoms with van der Waals surface area (Å²) in [7, 11) is 0. The molecule has 1 aliphatic carbocycles. The van der Waals surface area contributed by atoms with E-state index in [4.69, 9.17) is 0 Å². The average Bonchev–Trinajstić information content (AvgIpc) is 3.50. The van der Waals surface area contributed by atoms with Crippen LogP contribution in [0.1, 0.15) is 51.5 Å². The van der Waals surface area contributed by atoms with Gasteiger partial charge in [0.25, 0.3) is 0 Å². The van der Waals surface area contributed by atoms with Crippen molar-refractivity contribution in [1.82, 2.24) is 9.80 Å². The molecule has 2 aliphatic rings. The topological polar surface area (TPSA) is 40.6 Å². The number of carbonyl (C=O) groups is 2. The second-order valence-electron chi connectivity index (χ2n) is 7.56. The Morgan fingerprint density at radius 2 is 1.92 bits per heavy atom. The van der Waals surface area contributed by atoms with E-state index in [2.05, 4.69) is 24.0 Å². The van der Waals surface area contributed by atoms with E-state index in [-0.39, 0.29) is 23.8 Å². The minimum absolute atomic E-state index is 0.0471. The molecule has 1 aliphatic heterocycles. The molecule has 3 rings (SSSR count). The van der Waals surface area contributed by atoms with Crippen LogP contribution in [0.15, 0.2) is 30.3 Å². The standard InChI is InChI=1S/C21H30N2O2/c1-3-20(24)22-13-7-10-19(15-22)21(25)23(16(2)18-11-12-18)14-17-8-5-4-6-9-17/h4-6,8-9,16,18-19H,3,7,10-15H2,1-2H3/t16-,19-/m1/s1. The number of carbonyl (C=O) groups excluding carboxylic acids is 2. The Kier molecular flexibility index (Phi) is 5.77. The third-order valence-electron chi connectivity index (χ3n) is 5.70. The quantitative estimate of drug-likeness (QED) is 0.794. The minimum atomic E-state index is -0.0471. The molecule has 2 fully saturated rings. The Bertz CT molecular complexity index is 597. The Morgan fingerprint density at radius 1 is 1.20 bits per heavy atom. The lowest BCUT2D eigenvalue weighted by Gasteiger charge is -2.37. The number of hydrogen-bond acceptors (Lipinski definition) is 2. The summed E-state index contributed by atoms with van der Waals surface area (Å²) in [6.07, 6.45) is 4.80. The van der Waals surface area contributed by atoms with Crippen LogP contribution < -0.4 is 0 Å². The van der Waals surface area contributed by atoms with Crippen molar-refractivity contribution in [2.24, 2.45) is 11.8 Å². The van der Waals surface area contributed by atoms with Crippen LogP contribution in [0.2, 0.25) is 0 Å². The van der Waals surface area contributed by atoms with Crippen LogP contribution >= 0.6 is 0 Å². The van der Waals surface area contributed by atoms with Gasteiger partial charge in [-0.1, -0.05) is 37.3 Å². The average molecular weight is 342 g/mol. The summed E-state index contributed by atoms with van der Waals surface area (Å²) in [6, 6.07) is 10.5. The van der Waals surface area contributed by atoms with Gasteiger partial charge >= 0.3 is 0 Å². The van der Waals surface area contributed by atoms with Gasteiger partial charge in [0, 0.05) is 32.1 Å². The zero-order valence-corrected chi connectivity index (χ0v) is 15.5. The summed E-state index contributed by atoms with van der Waals surface area (Å²) >= 11 is 0. The van der Waals surface area contributed by atoms with Gasteiger partial charge < -0.3 is 9.80 Å². The van der Waals surface area contributed by atoms with Crippen molar-refractivity contribution in [2.75, 3.05) is 13.1 Å². The Labute approximate surface area is 151 Å². The summed E-state index contributed by atoms with van der Waals surface area (Å²) in [5.74, 6) is 0.998.